The van der Waals surface area contributed by atoms with E-state index in [0.717, 1.165) is 16.5 Å². The van der Waals surface area contributed by atoms with Gasteiger partial charge in [0.25, 0.3) is 0 Å². The number of halogens is 3. The standard InChI is InChI=1S/C12H10BrCl2NS/c13-8-3-1-2-7(4-8)5-10(16)9-6-11(14)17-12(9)15/h1-4,6,10H,5,16H2. The lowest BCUT2D eigenvalue weighted by Crippen LogP contribution is -2.12. The zero-order chi connectivity index (χ0) is 12.4. The molecule has 2 N–H and O–H groups in total. The SMILES string of the molecule is NC(Cc1cccc(Br)c1)c1cc(Cl)sc1Cl. The second-order valence-corrected chi connectivity index (χ2v) is 6.92. The van der Waals surface area contributed by atoms with E-state index in [1.54, 1.807) is 0 Å². The minimum absolute atomic E-state index is 0.124. The van der Waals surface area contributed by atoms with Crippen molar-refractivity contribution < 1.29 is 0 Å². The minimum Gasteiger partial charge on any atom is -0.324 e. The Morgan fingerprint density at radius 2 is 2.06 bits per heavy atom. The van der Waals surface area contributed by atoms with E-state index in [1.807, 2.05) is 24.3 Å². The van der Waals surface area contributed by atoms with E-state index in [4.69, 9.17) is 28.9 Å². The second-order valence-electron chi connectivity index (χ2n) is 3.72. The molecule has 1 aromatic heterocycles. The fraction of sp³-hybridized carbons (Fsp3) is 0.167. The highest BCUT2D eigenvalue weighted by molar-refractivity contribution is 9.10. The molecular weight excluding hydrogens is 341 g/mol. The van der Waals surface area contributed by atoms with Crippen LogP contribution in [-0.2, 0) is 6.42 Å². The van der Waals surface area contributed by atoms with Crippen LogP contribution in [-0.4, -0.2) is 0 Å². The van der Waals surface area contributed by atoms with E-state index in [0.29, 0.717) is 8.67 Å². The number of hydrogen-bond donors (Lipinski definition) is 1. The molecule has 0 spiro atoms. The summed E-state index contributed by atoms with van der Waals surface area (Å²) in [7, 11) is 0. The van der Waals surface area contributed by atoms with E-state index < -0.39 is 0 Å². The number of rotatable bonds is 3. The van der Waals surface area contributed by atoms with Gasteiger partial charge in [-0.05, 0) is 30.2 Å². The summed E-state index contributed by atoms with van der Waals surface area (Å²) in [4.78, 5) is 0. The van der Waals surface area contributed by atoms with Crippen LogP contribution in [0.2, 0.25) is 8.67 Å². The maximum absolute atomic E-state index is 6.14. The Morgan fingerprint density at radius 1 is 1.29 bits per heavy atom. The molecule has 0 saturated heterocycles. The molecule has 1 atom stereocenters. The highest BCUT2D eigenvalue weighted by Crippen LogP contribution is 2.35. The third kappa shape index (κ3) is 3.46. The molecule has 0 saturated carbocycles. The zero-order valence-corrected chi connectivity index (χ0v) is 12.7. The van der Waals surface area contributed by atoms with Gasteiger partial charge in [-0.2, -0.15) is 0 Å². The van der Waals surface area contributed by atoms with Gasteiger partial charge >= 0.3 is 0 Å². The maximum atomic E-state index is 6.14. The van der Waals surface area contributed by atoms with E-state index in [9.17, 15) is 0 Å². The lowest BCUT2D eigenvalue weighted by atomic mass is 10.0. The number of nitrogens with two attached hydrogens (primary N) is 1. The molecule has 2 rings (SSSR count). The van der Waals surface area contributed by atoms with Crippen molar-refractivity contribution in [2.24, 2.45) is 5.73 Å². The lowest BCUT2D eigenvalue weighted by Gasteiger charge is -2.11. The van der Waals surface area contributed by atoms with Crippen LogP contribution in [0.1, 0.15) is 17.2 Å². The largest absolute Gasteiger partial charge is 0.324 e. The monoisotopic (exact) mass is 349 g/mol. The van der Waals surface area contributed by atoms with Crippen molar-refractivity contribution in [2.45, 2.75) is 12.5 Å². The Labute approximate surface area is 123 Å². The van der Waals surface area contributed by atoms with Crippen LogP contribution in [0.3, 0.4) is 0 Å². The second kappa shape index (κ2) is 5.72. The summed E-state index contributed by atoms with van der Waals surface area (Å²) in [5.41, 5.74) is 8.23. The van der Waals surface area contributed by atoms with Gasteiger partial charge in [0.05, 0.1) is 8.67 Å². The molecule has 2 aromatic rings. The molecule has 0 radical (unpaired) electrons. The van der Waals surface area contributed by atoms with Gasteiger partial charge in [-0.1, -0.05) is 51.3 Å². The average molecular weight is 351 g/mol. The van der Waals surface area contributed by atoms with Crippen LogP contribution in [0.25, 0.3) is 0 Å². The maximum Gasteiger partial charge on any atom is 0.0992 e. The third-order valence-corrected chi connectivity index (χ3v) is 4.44. The predicted molar refractivity (Wildman–Crippen MR) is 79.1 cm³/mol. The average Bonchev–Trinajstić information content (AvgIpc) is 2.58. The molecule has 1 unspecified atom stereocenters. The summed E-state index contributed by atoms with van der Waals surface area (Å²) < 4.78 is 2.41. The molecule has 0 bridgehead atoms. The number of thiophene rings is 1. The quantitative estimate of drug-likeness (QED) is 0.822. The lowest BCUT2D eigenvalue weighted by molar-refractivity contribution is 0.725. The molecule has 0 fully saturated rings. The fourth-order valence-corrected chi connectivity index (χ4v) is 3.68. The summed E-state index contributed by atoms with van der Waals surface area (Å²) >= 11 is 16.8. The predicted octanol–water partition coefficient (Wildman–Crippen LogP) is 5.06. The molecule has 1 nitrogen and oxygen atoms in total. The smallest absolute Gasteiger partial charge is 0.0992 e. The van der Waals surface area contributed by atoms with E-state index in [-0.39, 0.29) is 6.04 Å². The Kier molecular flexibility index (Phi) is 4.50. The summed E-state index contributed by atoms with van der Waals surface area (Å²) in [6.45, 7) is 0. The van der Waals surface area contributed by atoms with Crippen LogP contribution in [0.4, 0.5) is 0 Å². The number of hydrogen-bond acceptors (Lipinski definition) is 2. The Hall–Kier alpha value is -0.0600. The highest BCUT2D eigenvalue weighted by Gasteiger charge is 2.14. The minimum atomic E-state index is -0.124. The Balaban J connectivity index is 2.16. The van der Waals surface area contributed by atoms with Gasteiger partial charge in [0.1, 0.15) is 0 Å². The molecule has 0 amide bonds. The van der Waals surface area contributed by atoms with Gasteiger partial charge in [-0.15, -0.1) is 11.3 Å². The van der Waals surface area contributed by atoms with Crippen LogP contribution in [0.15, 0.2) is 34.8 Å². The van der Waals surface area contributed by atoms with Gasteiger partial charge in [0, 0.05) is 16.1 Å². The summed E-state index contributed by atoms with van der Waals surface area (Å²) in [5, 5.41) is 0. The van der Waals surface area contributed by atoms with Gasteiger partial charge in [-0.25, -0.2) is 0 Å². The summed E-state index contributed by atoms with van der Waals surface area (Å²) in [6.07, 6.45) is 0.742. The van der Waals surface area contributed by atoms with E-state index >= 15 is 0 Å². The van der Waals surface area contributed by atoms with Crippen LogP contribution >= 0.6 is 50.5 Å². The van der Waals surface area contributed by atoms with Crippen molar-refractivity contribution in [3.8, 4) is 0 Å². The molecule has 17 heavy (non-hydrogen) atoms. The topological polar surface area (TPSA) is 26.0 Å². The molecule has 0 aliphatic rings. The van der Waals surface area contributed by atoms with Crippen LogP contribution < -0.4 is 5.73 Å². The molecule has 1 aromatic carbocycles. The van der Waals surface area contributed by atoms with Crippen molar-refractivity contribution in [1.82, 2.24) is 0 Å². The highest BCUT2D eigenvalue weighted by atomic mass is 79.9. The van der Waals surface area contributed by atoms with Gasteiger partial charge < -0.3 is 5.73 Å². The first-order valence-corrected chi connectivity index (χ1v) is 7.37. The van der Waals surface area contributed by atoms with Crippen LogP contribution in [0.5, 0.6) is 0 Å². The molecule has 0 aliphatic carbocycles. The van der Waals surface area contributed by atoms with Gasteiger partial charge in [0.2, 0.25) is 0 Å². The first kappa shape index (κ1) is 13.4. The molecule has 5 heteroatoms. The van der Waals surface area contributed by atoms with Crippen molar-refractivity contribution >= 4 is 50.5 Å². The number of benzene rings is 1. The normalized spacial score (nSPS) is 12.7. The molecule has 90 valence electrons. The summed E-state index contributed by atoms with van der Waals surface area (Å²) in [5.74, 6) is 0. The Morgan fingerprint density at radius 3 is 2.65 bits per heavy atom. The van der Waals surface area contributed by atoms with E-state index in [1.165, 1.54) is 16.9 Å². The van der Waals surface area contributed by atoms with Crippen LogP contribution in [0, 0.1) is 0 Å². The fourth-order valence-electron chi connectivity index (χ4n) is 1.63. The van der Waals surface area contributed by atoms with Crippen molar-refractivity contribution in [3.63, 3.8) is 0 Å². The molecule has 1 heterocycles. The zero-order valence-electron chi connectivity index (χ0n) is 8.79. The Bertz CT molecular complexity index is 527. The molecular formula is C12H10BrCl2NS. The third-order valence-electron chi connectivity index (χ3n) is 2.43. The summed E-state index contributed by atoms with van der Waals surface area (Å²) in [6, 6.07) is 9.81. The first-order valence-electron chi connectivity index (χ1n) is 5.01. The first-order chi connectivity index (χ1) is 8.06. The van der Waals surface area contributed by atoms with Crippen molar-refractivity contribution in [3.05, 3.63) is 54.6 Å². The molecule has 0 aliphatic heterocycles. The van der Waals surface area contributed by atoms with E-state index in [2.05, 4.69) is 22.0 Å². The van der Waals surface area contributed by atoms with Gasteiger partial charge in [0.15, 0.2) is 0 Å². The van der Waals surface area contributed by atoms with Crippen molar-refractivity contribution in [1.29, 1.82) is 0 Å². The van der Waals surface area contributed by atoms with Crippen molar-refractivity contribution in [2.75, 3.05) is 0 Å². The van der Waals surface area contributed by atoms with Gasteiger partial charge in [-0.3, -0.25) is 0 Å².